The summed E-state index contributed by atoms with van der Waals surface area (Å²) in [5.41, 5.74) is 4.65. The van der Waals surface area contributed by atoms with Crippen LogP contribution in [-0.4, -0.2) is 40.6 Å². The third-order valence-electron chi connectivity index (χ3n) is 2.19. The topological polar surface area (TPSA) is 66.6 Å². The molecular formula is C9H18N2O2S. The molecule has 0 saturated heterocycles. The molecule has 0 aliphatic heterocycles. The van der Waals surface area contributed by atoms with E-state index >= 15 is 0 Å². The zero-order chi connectivity index (χ0) is 11.4. The van der Waals surface area contributed by atoms with Crippen LogP contribution in [0.4, 0.5) is 0 Å². The van der Waals surface area contributed by atoms with E-state index in [4.69, 9.17) is 23.1 Å². The Bertz CT molecular complexity index is 229. The maximum atomic E-state index is 11.9. The fourth-order valence-electron chi connectivity index (χ4n) is 1.02. The van der Waals surface area contributed by atoms with Gasteiger partial charge in [0.05, 0.1) is 17.0 Å². The van der Waals surface area contributed by atoms with E-state index in [9.17, 15) is 4.79 Å². The summed E-state index contributed by atoms with van der Waals surface area (Å²) in [6.07, 6.45) is 0. The van der Waals surface area contributed by atoms with Crippen LogP contribution in [0.25, 0.3) is 0 Å². The standard InChI is InChI=1S/C9H18N2O2S/c1-4-11(5-6-12)8(13)9(2,3)7(10)14/h12H,4-6H2,1-3H3,(H2,10,14). The number of aliphatic hydroxyl groups is 1. The lowest BCUT2D eigenvalue weighted by atomic mass is 9.91. The molecule has 0 aliphatic rings. The van der Waals surface area contributed by atoms with Crippen LogP contribution < -0.4 is 5.73 Å². The van der Waals surface area contributed by atoms with Crippen LogP contribution in [-0.2, 0) is 4.79 Å². The van der Waals surface area contributed by atoms with Gasteiger partial charge in [-0.3, -0.25) is 4.79 Å². The lowest BCUT2D eigenvalue weighted by molar-refractivity contribution is -0.137. The van der Waals surface area contributed by atoms with Gasteiger partial charge in [-0.2, -0.15) is 0 Å². The van der Waals surface area contributed by atoms with Crippen LogP contribution in [0.15, 0.2) is 0 Å². The second-order valence-corrected chi connectivity index (χ2v) is 4.04. The van der Waals surface area contributed by atoms with E-state index in [0.29, 0.717) is 13.1 Å². The minimum Gasteiger partial charge on any atom is -0.395 e. The predicted octanol–water partition coefficient (Wildman–Crippen LogP) is 0.139. The Morgan fingerprint density at radius 2 is 2.07 bits per heavy atom. The average Bonchev–Trinajstić information content (AvgIpc) is 2.12. The van der Waals surface area contributed by atoms with Crippen molar-refractivity contribution in [2.45, 2.75) is 20.8 Å². The van der Waals surface area contributed by atoms with Crippen molar-refractivity contribution < 1.29 is 9.90 Å². The monoisotopic (exact) mass is 218 g/mol. The molecule has 0 aromatic rings. The zero-order valence-corrected chi connectivity index (χ0v) is 9.73. The lowest BCUT2D eigenvalue weighted by Gasteiger charge is -2.29. The Hall–Kier alpha value is -0.680. The molecule has 0 atom stereocenters. The van der Waals surface area contributed by atoms with Crippen LogP contribution in [0.2, 0.25) is 0 Å². The minimum atomic E-state index is -0.833. The highest BCUT2D eigenvalue weighted by Crippen LogP contribution is 2.19. The van der Waals surface area contributed by atoms with Gasteiger partial charge in [0.25, 0.3) is 0 Å². The van der Waals surface area contributed by atoms with Gasteiger partial charge in [-0.05, 0) is 20.8 Å². The molecule has 82 valence electrons. The number of hydrogen-bond acceptors (Lipinski definition) is 3. The van der Waals surface area contributed by atoms with Gasteiger partial charge in [0, 0.05) is 13.1 Å². The molecule has 0 aromatic heterocycles. The van der Waals surface area contributed by atoms with Gasteiger partial charge in [-0.25, -0.2) is 0 Å². The van der Waals surface area contributed by atoms with Crippen molar-refractivity contribution in [3.05, 3.63) is 0 Å². The molecule has 1 amide bonds. The molecule has 0 fully saturated rings. The maximum Gasteiger partial charge on any atom is 0.235 e. The first-order chi connectivity index (χ1) is 6.37. The number of aliphatic hydroxyl groups excluding tert-OH is 1. The number of carbonyl (C=O) groups excluding carboxylic acids is 1. The maximum absolute atomic E-state index is 11.9. The number of thiocarbonyl (C=S) groups is 1. The van der Waals surface area contributed by atoms with Gasteiger partial charge in [0.1, 0.15) is 0 Å². The lowest BCUT2D eigenvalue weighted by Crippen LogP contribution is -2.47. The average molecular weight is 218 g/mol. The van der Waals surface area contributed by atoms with Gasteiger partial charge >= 0.3 is 0 Å². The van der Waals surface area contributed by atoms with E-state index < -0.39 is 5.41 Å². The van der Waals surface area contributed by atoms with Crippen LogP contribution in [0.1, 0.15) is 20.8 Å². The third-order valence-corrected chi connectivity index (χ3v) is 2.70. The molecule has 5 heteroatoms. The fraction of sp³-hybridized carbons (Fsp3) is 0.778. The molecule has 0 radical (unpaired) electrons. The number of amides is 1. The molecule has 0 saturated carbocycles. The number of nitrogens with zero attached hydrogens (tertiary/aromatic N) is 1. The molecule has 0 aromatic carbocycles. The predicted molar refractivity (Wildman–Crippen MR) is 59.9 cm³/mol. The first kappa shape index (κ1) is 13.3. The second-order valence-electron chi connectivity index (χ2n) is 3.60. The van der Waals surface area contributed by atoms with Crippen molar-refractivity contribution in [2.24, 2.45) is 11.1 Å². The Morgan fingerprint density at radius 3 is 2.36 bits per heavy atom. The van der Waals surface area contributed by atoms with E-state index in [1.165, 1.54) is 0 Å². The number of carbonyl (C=O) groups is 1. The first-order valence-corrected chi connectivity index (χ1v) is 4.98. The highest BCUT2D eigenvalue weighted by molar-refractivity contribution is 7.80. The Morgan fingerprint density at radius 1 is 1.57 bits per heavy atom. The number of nitrogens with two attached hydrogens (primary N) is 1. The van der Waals surface area contributed by atoms with Crippen LogP contribution >= 0.6 is 12.2 Å². The Balaban J connectivity index is 4.64. The molecule has 0 spiro atoms. The molecule has 3 N–H and O–H groups in total. The molecular weight excluding hydrogens is 200 g/mol. The highest BCUT2D eigenvalue weighted by Gasteiger charge is 2.33. The van der Waals surface area contributed by atoms with E-state index in [0.717, 1.165) is 0 Å². The molecule has 0 unspecified atom stereocenters. The van der Waals surface area contributed by atoms with Crippen LogP contribution in [0.5, 0.6) is 0 Å². The summed E-state index contributed by atoms with van der Waals surface area (Å²) >= 11 is 4.83. The van der Waals surface area contributed by atoms with Crippen molar-refractivity contribution in [3.8, 4) is 0 Å². The summed E-state index contributed by atoms with van der Waals surface area (Å²) in [6, 6.07) is 0. The highest BCUT2D eigenvalue weighted by atomic mass is 32.1. The van der Waals surface area contributed by atoms with Gasteiger partial charge < -0.3 is 15.7 Å². The smallest absolute Gasteiger partial charge is 0.235 e. The summed E-state index contributed by atoms with van der Waals surface area (Å²) in [5, 5.41) is 8.76. The van der Waals surface area contributed by atoms with Gasteiger partial charge in [0.15, 0.2) is 0 Å². The summed E-state index contributed by atoms with van der Waals surface area (Å²) in [6.45, 7) is 6.05. The summed E-state index contributed by atoms with van der Waals surface area (Å²) < 4.78 is 0. The van der Waals surface area contributed by atoms with Crippen molar-refractivity contribution in [1.29, 1.82) is 0 Å². The van der Waals surface area contributed by atoms with Crippen molar-refractivity contribution in [2.75, 3.05) is 19.7 Å². The molecule has 14 heavy (non-hydrogen) atoms. The normalized spacial score (nSPS) is 11.1. The van der Waals surface area contributed by atoms with Crippen LogP contribution in [0.3, 0.4) is 0 Å². The summed E-state index contributed by atoms with van der Waals surface area (Å²) in [7, 11) is 0. The zero-order valence-electron chi connectivity index (χ0n) is 8.91. The van der Waals surface area contributed by atoms with E-state index in [-0.39, 0.29) is 17.5 Å². The number of rotatable bonds is 5. The SMILES string of the molecule is CCN(CCO)C(=O)C(C)(C)C(N)=S. The molecule has 0 bridgehead atoms. The van der Waals surface area contributed by atoms with Crippen molar-refractivity contribution >= 4 is 23.1 Å². The first-order valence-electron chi connectivity index (χ1n) is 4.58. The molecule has 0 rings (SSSR count). The summed E-state index contributed by atoms with van der Waals surface area (Å²) in [4.78, 5) is 13.6. The Labute approximate surface area is 90.1 Å². The van der Waals surface area contributed by atoms with Gasteiger partial charge in [-0.1, -0.05) is 12.2 Å². The minimum absolute atomic E-state index is 0.0486. The van der Waals surface area contributed by atoms with E-state index in [1.807, 2.05) is 6.92 Å². The number of hydrogen-bond donors (Lipinski definition) is 2. The summed E-state index contributed by atoms with van der Waals surface area (Å²) in [5.74, 6) is -0.137. The van der Waals surface area contributed by atoms with Crippen LogP contribution in [0, 0.1) is 5.41 Å². The van der Waals surface area contributed by atoms with Gasteiger partial charge in [-0.15, -0.1) is 0 Å². The van der Waals surface area contributed by atoms with Gasteiger partial charge in [0.2, 0.25) is 5.91 Å². The molecule has 0 aliphatic carbocycles. The quantitative estimate of drug-likeness (QED) is 0.644. The largest absolute Gasteiger partial charge is 0.395 e. The Kier molecular flexibility index (Phi) is 5.01. The molecule has 4 nitrogen and oxygen atoms in total. The van der Waals surface area contributed by atoms with Crippen molar-refractivity contribution in [1.82, 2.24) is 4.90 Å². The van der Waals surface area contributed by atoms with E-state index in [1.54, 1.807) is 18.7 Å². The third kappa shape index (κ3) is 2.92. The molecule has 0 heterocycles. The number of likely N-dealkylation sites (N-methyl/N-ethyl adjacent to an activating group) is 1. The van der Waals surface area contributed by atoms with E-state index in [2.05, 4.69) is 0 Å². The fourth-order valence-corrected chi connectivity index (χ4v) is 1.11. The second kappa shape index (κ2) is 5.26. The van der Waals surface area contributed by atoms with Crippen molar-refractivity contribution in [3.63, 3.8) is 0 Å².